The summed E-state index contributed by atoms with van der Waals surface area (Å²) in [6.45, 7) is 4.90. The lowest BCUT2D eigenvalue weighted by Gasteiger charge is -2.33. The van der Waals surface area contributed by atoms with Gasteiger partial charge in [0.2, 0.25) is 0 Å². The fraction of sp³-hybridized carbons (Fsp3) is 0.588. The molecule has 0 amide bonds. The SMILES string of the molecule is CCCOc1ccc(C(=O)C2(O)CCC(C)CC2)cc1. The number of Topliss-reactive ketones (excluding diaryl/α,β-unsaturated/α-hetero) is 1. The maximum Gasteiger partial charge on any atom is 0.194 e. The van der Waals surface area contributed by atoms with Crippen LogP contribution in [0, 0.1) is 5.92 Å². The van der Waals surface area contributed by atoms with E-state index in [0.717, 1.165) is 25.0 Å². The number of carbonyl (C=O) groups is 1. The lowest BCUT2D eigenvalue weighted by molar-refractivity contribution is 0.00426. The van der Waals surface area contributed by atoms with E-state index in [4.69, 9.17) is 4.74 Å². The average molecular weight is 276 g/mol. The van der Waals surface area contributed by atoms with Crippen LogP contribution in [0.15, 0.2) is 24.3 Å². The number of hydrogen-bond donors (Lipinski definition) is 1. The number of rotatable bonds is 5. The van der Waals surface area contributed by atoms with Crippen LogP contribution in [-0.2, 0) is 0 Å². The lowest BCUT2D eigenvalue weighted by atomic mass is 9.76. The quantitative estimate of drug-likeness (QED) is 0.836. The molecule has 0 aliphatic heterocycles. The molecule has 1 aromatic carbocycles. The highest BCUT2D eigenvalue weighted by Gasteiger charge is 2.39. The number of hydrogen-bond acceptors (Lipinski definition) is 3. The first kappa shape index (κ1) is 15.0. The van der Waals surface area contributed by atoms with Crippen molar-refractivity contribution in [2.45, 2.75) is 51.6 Å². The summed E-state index contributed by atoms with van der Waals surface area (Å²) in [4.78, 5) is 12.5. The number of ether oxygens (including phenoxy) is 1. The molecular formula is C17H24O3. The Morgan fingerprint density at radius 1 is 1.30 bits per heavy atom. The second kappa shape index (κ2) is 6.40. The van der Waals surface area contributed by atoms with Crippen LogP contribution < -0.4 is 4.74 Å². The zero-order valence-corrected chi connectivity index (χ0v) is 12.4. The first-order valence-corrected chi connectivity index (χ1v) is 7.55. The second-order valence-corrected chi connectivity index (χ2v) is 5.92. The van der Waals surface area contributed by atoms with Crippen molar-refractivity contribution in [3.63, 3.8) is 0 Å². The van der Waals surface area contributed by atoms with Gasteiger partial charge in [0, 0.05) is 5.56 Å². The number of aliphatic hydroxyl groups is 1. The van der Waals surface area contributed by atoms with E-state index in [1.54, 1.807) is 24.3 Å². The van der Waals surface area contributed by atoms with Crippen molar-refractivity contribution in [3.8, 4) is 5.75 Å². The Kier molecular flexibility index (Phi) is 4.81. The van der Waals surface area contributed by atoms with E-state index < -0.39 is 5.60 Å². The normalized spacial score (nSPS) is 26.2. The molecular weight excluding hydrogens is 252 g/mol. The van der Waals surface area contributed by atoms with Gasteiger partial charge in [-0.1, -0.05) is 13.8 Å². The Balaban J connectivity index is 2.05. The first-order chi connectivity index (χ1) is 9.55. The zero-order valence-electron chi connectivity index (χ0n) is 12.4. The Hall–Kier alpha value is -1.35. The van der Waals surface area contributed by atoms with Crippen molar-refractivity contribution in [3.05, 3.63) is 29.8 Å². The highest BCUT2D eigenvalue weighted by Crippen LogP contribution is 2.34. The summed E-state index contributed by atoms with van der Waals surface area (Å²) in [5, 5.41) is 10.5. The molecule has 3 nitrogen and oxygen atoms in total. The van der Waals surface area contributed by atoms with E-state index in [1.165, 1.54) is 0 Å². The molecule has 2 rings (SSSR count). The van der Waals surface area contributed by atoms with Crippen LogP contribution in [0.5, 0.6) is 5.75 Å². The van der Waals surface area contributed by atoms with Gasteiger partial charge in [-0.15, -0.1) is 0 Å². The molecule has 1 aliphatic rings. The molecule has 0 bridgehead atoms. The maximum absolute atomic E-state index is 12.5. The molecule has 1 fully saturated rings. The Labute approximate surface area is 121 Å². The summed E-state index contributed by atoms with van der Waals surface area (Å²) in [5.41, 5.74) is -0.593. The van der Waals surface area contributed by atoms with E-state index in [1.807, 2.05) is 0 Å². The molecule has 1 aliphatic carbocycles. The summed E-state index contributed by atoms with van der Waals surface area (Å²) in [6, 6.07) is 7.11. The van der Waals surface area contributed by atoms with E-state index in [2.05, 4.69) is 13.8 Å². The van der Waals surface area contributed by atoms with Gasteiger partial charge in [-0.3, -0.25) is 4.79 Å². The highest BCUT2D eigenvalue weighted by atomic mass is 16.5. The Morgan fingerprint density at radius 2 is 1.90 bits per heavy atom. The summed E-state index contributed by atoms with van der Waals surface area (Å²) in [7, 11) is 0. The van der Waals surface area contributed by atoms with Crippen molar-refractivity contribution in [1.29, 1.82) is 0 Å². The molecule has 20 heavy (non-hydrogen) atoms. The van der Waals surface area contributed by atoms with Crippen LogP contribution in [0.25, 0.3) is 0 Å². The number of benzene rings is 1. The van der Waals surface area contributed by atoms with Crippen molar-refractivity contribution in [2.24, 2.45) is 5.92 Å². The van der Waals surface area contributed by atoms with Gasteiger partial charge in [0.1, 0.15) is 11.4 Å². The predicted molar refractivity (Wildman–Crippen MR) is 79.1 cm³/mol. The summed E-state index contributed by atoms with van der Waals surface area (Å²) in [6.07, 6.45) is 3.93. The van der Waals surface area contributed by atoms with Gasteiger partial charge < -0.3 is 9.84 Å². The average Bonchev–Trinajstić information content (AvgIpc) is 2.48. The third kappa shape index (κ3) is 3.40. The molecule has 1 saturated carbocycles. The molecule has 110 valence electrons. The molecule has 0 radical (unpaired) electrons. The van der Waals surface area contributed by atoms with Gasteiger partial charge in [-0.05, 0) is 62.3 Å². The fourth-order valence-electron chi connectivity index (χ4n) is 2.66. The third-order valence-electron chi connectivity index (χ3n) is 4.11. The monoisotopic (exact) mass is 276 g/mol. The Morgan fingerprint density at radius 3 is 2.45 bits per heavy atom. The summed E-state index contributed by atoms with van der Waals surface area (Å²) >= 11 is 0. The van der Waals surface area contributed by atoms with Crippen molar-refractivity contribution < 1.29 is 14.6 Å². The van der Waals surface area contributed by atoms with Crippen LogP contribution >= 0.6 is 0 Å². The van der Waals surface area contributed by atoms with Gasteiger partial charge >= 0.3 is 0 Å². The van der Waals surface area contributed by atoms with Gasteiger partial charge in [0.25, 0.3) is 0 Å². The van der Waals surface area contributed by atoms with E-state index in [9.17, 15) is 9.90 Å². The Bertz CT molecular complexity index is 442. The fourth-order valence-corrected chi connectivity index (χ4v) is 2.66. The largest absolute Gasteiger partial charge is 0.494 e. The van der Waals surface area contributed by atoms with Gasteiger partial charge in [-0.2, -0.15) is 0 Å². The molecule has 0 unspecified atom stereocenters. The van der Waals surface area contributed by atoms with E-state index >= 15 is 0 Å². The molecule has 3 heteroatoms. The maximum atomic E-state index is 12.5. The van der Waals surface area contributed by atoms with Crippen molar-refractivity contribution in [2.75, 3.05) is 6.61 Å². The van der Waals surface area contributed by atoms with Gasteiger partial charge in [-0.25, -0.2) is 0 Å². The second-order valence-electron chi connectivity index (χ2n) is 5.92. The van der Waals surface area contributed by atoms with E-state index in [0.29, 0.717) is 30.9 Å². The van der Waals surface area contributed by atoms with Crippen LogP contribution in [0.1, 0.15) is 56.3 Å². The molecule has 0 saturated heterocycles. The number of ketones is 1. The minimum atomic E-state index is -1.17. The highest BCUT2D eigenvalue weighted by molar-refractivity contribution is 6.02. The summed E-state index contributed by atoms with van der Waals surface area (Å²) in [5.74, 6) is 1.23. The predicted octanol–water partition coefficient (Wildman–Crippen LogP) is 3.60. The molecule has 1 aromatic rings. The molecule has 0 spiro atoms. The zero-order chi connectivity index (χ0) is 14.6. The van der Waals surface area contributed by atoms with Crippen LogP contribution in [-0.4, -0.2) is 23.1 Å². The topological polar surface area (TPSA) is 46.5 Å². The smallest absolute Gasteiger partial charge is 0.194 e. The first-order valence-electron chi connectivity index (χ1n) is 7.55. The molecule has 1 N–H and O–H groups in total. The van der Waals surface area contributed by atoms with Crippen LogP contribution in [0.4, 0.5) is 0 Å². The standard InChI is InChI=1S/C17H24O3/c1-3-12-20-15-6-4-14(5-7-15)16(18)17(19)10-8-13(2)9-11-17/h4-7,13,19H,3,8-12H2,1-2H3. The molecule has 0 aromatic heterocycles. The van der Waals surface area contributed by atoms with Crippen molar-refractivity contribution >= 4 is 5.78 Å². The van der Waals surface area contributed by atoms with E-state index in [-0.39, 0.29) is 5.78 Å². The van der Waals surface area contributed by atoms with Crippen molar-refractivity contribution in [1.82, 2.24) is 0 Å². The minimum absolute atomic E-state index is 0.147. The lowest BCUT2D eigenvalue weighted by Crippen LogP contribution is -2.41. The number of carbonyl (C=O) groups excluding carboxylic acids is 1. The third-order valence-corrected chi connectivity index (χ3v) is 4.11. The van der Waals surface area contributed by atoms with Crippen LogP contribution in [0.3, 0.4) is 0 Å². The van der Waals surface area contributed by atoms with Gasteiger partial charge in [0.15, 0.2) is 5.78 Å². The molecule has 0 heterocycles. The molecule has 0 atom stereocenters. The van der Waals surface area contributed by atoms with Gasteiger partial charge in [0.05, 0.1) is 6.61 Å². The van der Waals surface area contributed by atoms with Crippen LogP contribution in [0.2, 0.25) is 0 Å². The minimum Gasteiger partial charge on any atom is -0.494 e. The summed E-state index contributed by atoms with van der Waals surface area (Å²) < 4.78 is 5.50.